The van der Waals surface area contributed by atoms with Crippen LogP contribution in [0.3, 0.4) is 0 Å². The van der Waals surface area contributed by atoms with Crippen LogP contribution in [0.2, 0.25) is 0 Å². The third kappa shape index (κ3) is 3.69. The molecule has 0 N–H and O–H groups in total. The second-order valence-electron chi connectivity index (χ2n) is 3.84. The van der Waals surface area contributed by atoms with Gasteiger partial charge in [0, 0.05) is 19.5 Å². The number of hydrogen-bond donors (Lipinski definition) is 0. The van der Waals surface area contributed by atoms with Crippen LogP contribution >= 0.6 is 0 Å². The van der Waals surface area contributed by atoms with Crippen LogP contribution < -0.4 is 0 Å². The van der Waals surface area contributed by atoms with Gasteiger partial charge >= 0.3 is 5.97 Å². The zero-order valence-corrected chi connectivity index (χ0v) is 10.2. The minimum Gasteiger partial charge on any atom is -0.462 e. The number of carbonyl (C=O) groups excluding carboxylic acids is 3. The van der Waals surface area contributed by atoms with Crippen molar-refractivity contribution >= 4 is 17.7 Å². The average molecular weight is 239 g/mol. The highest BCUT2D eigenvalue weighted by atomic mass is 16.5. The maximum absolute atomic E-state index is 11.5. The molecule has 0 aromatic rings. The van der Waals surface area contributed by atoms with Crippen LogP contribution in [-0.2, 0) is 19.1 Å². The van der Waals surface area contributed by atoms with Gasteiger partial charge in [0.25, 0.3) is 0 Å². The summed E-state index contributed by atoms with van der Waals surface area (Å²) in [7, 11) is 0. The molecule has 1 amide bonds. The Morgan fingerprint density at radius 2 is 2.18 bits per heavy atom. The highest BCUT2D eigenvalue weighted by molar-refractivity contribution is 6.16. The van der Waals surface area contributed by atoms with E-state index in [0.717, 1.165) is 6.42 Å². The van der Waals surface area contributed by atoms with Gasteiger partial charge in [0.15, 0.2) is 5.78 Å². The summed E-state index contributed by atoms with van der Waals surface area (Å²) in [6.45, 7) is 4.20. The normalized spacial score (nSPS) is 16.2. The summed E-state index contributed by atoms with van der Waals surface area (Å²) in [5, 5.41) is 0. The number of nitrogens with zero attached hydrogens (tertiary/aromatic N) is 1. The van der Waals surface area contributed by atoms with Crippen molar-refractivity contribution in [1.29, 1.82) is 0 Å². The Labute approximate surface area is 100 Å². The molecule has 1 fully saturated rings. The number of ketones is 1. The summed E-state index contributed by atoms with van der Waals surface area (Å²) < 4.78 is 4.78. The van der Waals surface area contributed by atoms with E-state index in [2.05, 4.69) is 0 Å². The van der Waals surface area contributed by atoms with Crippen LogP contribution in [0, 0.1) is 0 Å². The van der Waals surface area contributed by atoms with Gasteiger partial charge in [-0.3, -0.25) is 9.59 Å². The first-order valence-electron chi connectivity index (χ1n) is 5.72. The molecule has 1 saturated heterocycles. The Bertz CT molecular complexity index is 360. The molecule has 0 unspecified atom stereocenters. The van der Waals surface area contributed by atoms with Gasteiger partial charge in [0.05, 0.1) is 6.61 Å². The Kier molecular flexibility index (Phi) is 4.87. The van der Waals surface area contributed by atoms with Crippen LogP contribution in [0.25, 0.3) is 0 Å². The van der Waals surface area contributed by atoms with Crippen molar-refractivity contribution < 1.29 is 19.1 Å². The molecular formula is C12H17NO4. The minimum absolute atomic E-state index is 0.0200. The third-order valence-electron chi connectivity index (χ3n) is 2.56. The molecule has 1 aliphatic rings. The molecule has 1 aliphatic heterocycles. The quantitative estimate of drug-likeness (QED) is 0.306. The van der Waals surface area contributed by atoms with Crippen LogP contribution in [0.1, 0.15) is 26.7 Å². The van der Waals surface area contributed by atoms with E-state index in [4.69, 9.17) is 4.74 Å². The predicted octanol–water partition coefficient (Wildman–Crippen LogP) is 0.687. The Morgan fingerprint density at radius 1 is 1.47 bits per heavy atom. The highest BCUT2D eigenvalue weighted by Gasteiger charge is 2.21. The van der Waals surface area contributed by atoms with Gasteiger partial charge in [-0.25, -0.2) is 4.79 Å². The van der Waals surface area contributed by atoms with E-state index in [-0.39, 0.29) is 23.9 Å². The fraction of sp³-hybridized carbons (Fsp3) is 0.583. The van der Waals surface area contributed by atoms with Gasteiger partial charge in [0.2, 0.25) is 5.91 Å². The smallest absolute Gasteiger partial charge is 0.341 e. The summed E-state index contributed by atoms with van der Waals surface area (Å²) in [5.41, 5.74) is 0.0200. The van der Waals surface area contributed by atoms with Crippen molar-refractivity contribution in [3.63, 3.8) is 0 Å². The van der Waals surface area contributed by atoms with Crippen LogP contribution in [0.4, 0.5) is 0 Å². The molecule has 5 heteroatoms. The fourth-order valence-corrected chi connectivity index (χ4v) is 1.68. The second-order valence-corrected chi connectivity index (χ2v) is 3.84. The molecule has 0 aromatic heterocycles. The molecule has 0 radical (unpaired) electrons. The van der Waals surface area contributed by atoms with Gasteiger partial charge in [-0.2, -0.15) is 0 Å². The van der Waals surface area contributed by atoms with Crippen molar-refractivity contribution in [2.45, 2.75) is 26.7 Å². The first kappa shape index (κ1) is 13.4. The van der Waals surface area contributed by atoms with Crippen molar-refractivity contribution in [2.75, 3.05) is 19.7 Å². The molecule has 5 nitrogen and oxygen atoms in total. The topological polar surface area (TPSA) is 63.7 Å². The average Bonchev–Trinajstić information content (AvgIpc) is 2.64. The van der Waals surface area contributed by atoms with E-state index >= 15 is 0 Å². The summed E-state index contributed by atoms with van der Waals surface area (Å²) in [6.07, 6.45) is 2.85. The van der Waals surface area contributed by atoms with Crippen molar-refractivity contribution in [2.24, 2.45) is 0 Å². The van der Waals surface area contributed by atoms with Crippen LogP contribution in [-0.4, -0.2) is 42.3 Å². The SMILES string of the molecule is CCOC(=O)/C(=C/CN1CCCC1=O)C(C)=O. The van der Waals surface area contributed by atoms with E-state index < -0.39 is 5.97 Å². The number of hydrogen-bond acceptors (Lipinski definition) is 4. The number of rotatable bonds is 5. The van der Waals surface area contributed by atoms with E-state index in [1.807, 2.05) is 0 Å². The summed E-state index contributed by atoms with van der Waals surface area (Å²) in [6, 6.07) is 0. The third-order valence-corrected chi connectivity index (χ3v) is 2.56. The molecule has 0 spiro atoms. The lowest BCUT2D eigenvalue weighted by Crippen LogP contribution is -2.26. The van der Waals surface area contributed by atoms with Crippen molar-refractivity contribution in [3.8, 4) is 0 Å². The number of amides is 1. The maximum Gasteiger partial charge on any atom is 0.341 e. The Morgan fingerprint density at radius 3 is 2.65 bits per heavy atom. The van der Waals surface area contributed by atoms with Crippen LogP contribution in [0.15, 0.2) is 11.6 Å². The molecule has 1 heterocycles. The number of ether oxygens (including phenoxy) is 1. The number of likely N-dealkylation sites (tertiary alicyclic amines) is 1. The maximum atomic E-state index is 11.5. The summed E-state index contributed by atoms with van der Waals surface area (Å²) in [4.78, 5) is 35.7. The van der Waals surface area contributed by atoms with Gasteiger partial charge in [-0.15, -0.1) is 0 Å². The van der Waals surface area contributed by atoms with Gasteiger partial charge in [-0.1, -0.05) is 0 Å². The molecule has 1 rings (SSSR count). The molecule has 0 saturated carbocycles. The molecule has 17 heavy (non-hydrogen) atoms. The first-order valence-corrected chi connectivity index (χ1v) is 5.72. The summed E-state index contributed by atoms with van der Waals surface area (Å²) in [5.74, 6) is -0.894. The monoisotopic (exact) mass is 239 g/mol. The van der Waals surface area contributed by atoms with E-state index in [1.54, 1.807) is 11.8 Å². The standard InChI is InChI=1S/C12H17NO4/c1-3-17-12(16)10(9(2)14)6-8-13-7-4-5-11(13)15/h6H,3-5,7-8H2,1-2H3/b10-6+. The minimum atomic E-state index is -0.619. The lowest BCUT2D eigenvalue weighted by Gasteiger charge is -2.13. The lowest BCUT2D eigenvalue weighted by molar-refractivity contribution is -0.140. The number of esters is 1. The van der Waals surface area contributed by atoms with Gasteiger partial charge < -0.3 is 9.64 Å². The van der Waals surface area contributed by atoms with Gasteiger partial charge in [-0.05, 0) is 26.3 Å². The molecule has 0 aliphatic carbocycles. The fourth-order valence-electron chi connectivity index (χ4n) is 1.68. The van der Waals surface area contributed by atoms with E-state index in [1.165, 1.54) is 13.0 Å². The first-order chi connectivity index (χ1) is 8.06. The van der Waals surface area contributed by atoms with Crippen molar-refractivity contribution in [3.05, 3.63) is 11.6 Å². The van der Waals surface area contributed by atoms with Crippen LogP contribution in [0.5, 0.6) is 0 Å². The Hall–Kier alpha value is -1.65. The molecular weight excluding hydrogens is 222 g/mol. The largest absolute Gasteiger partial charge is 0.462 e. The predicted molar refractivity (Wildman–Crippen MR) is 61.2 cm³/mol. The number of carbonyl (C=O) groups is 3. The highest BCUT2D eigenvalue weighted by Crippen LogP contribution is 2.10. The summed E-state index contributed by atoms with van der Waals surface area (Å²) >= 11 is 0. The van der Waals surface area contributed by atoms with Crippen molar-refractivity contribution in [1.82, 2.24) is 4.90 Å². The molecule has 0 aromatic carbocycles. The molecule has 94 valence electrons. The molecule has 0 atom stereocenters. The zero-order chi connectivity index (χ0) is 12.8. The second kappa shape index (κ2) is 6.18. The molecule has 0 bridgehead atoms. The Balaban J connectivity index is 2.67. The van der Waals surface area contributed by atoms with E-state index in [0.29, 0.717) is 19.5 Å². The van der Waals surface area contributed by atoms with Gasteiger partial charge in [0.1, 0.15) is 5.57 Å². The van der Waals surface area contributed by atoms with E-state index in [9.17, 15) is 14.4 Å². The lowest BCUT2D eigenvalue weighted by atomic mass is 10.1. The number of Topliss-reactive ketones (excluding diaryl/α,β-unsaturated/α-hetero) is 1. The zero-order valence-electron chi connectivity index (χ0n) is 10.2.